The van der Waals surface area contributed by atoms with Crippen LogP contribution in [0.2, 0.25) is 0 Å². The van der Waals surface area contributed by atoms with Gasteiger partial charge in [0.15, 0.2) is 5.13 Å². The van der Waals surface area contributed by atoms with E-state index in [0.29, 0.717) is 27.4 Å². The van der Waals surface area contributed by atoms with E-state index in [9.17, 15) is 19.1 Å². The maximum Gasteiger partial charge on any atom is 0.255 e. The number of phenolic OH excluding ortho intramolecular Hbond substituents is 1. The van der Waals surface area contributed by atoms with Crippen LogP contribution in [-0.2, 0) is 11.3 Å². The molecule has 1 aliphatic heterocycles. The zero-order chi connectivity index (χ0) is 25.2. The summed E-state index contributed by atoms with van der Waals surface area (Å²) in [6, 6.07) is 7.10. The molecule has 4 aromatic rings. The van der Waals surface area contributed by atoms with Crippen LogP contribution in [0.4, 0.5) is 15.5 Å². The highest BCUT2D eigenvalue weighted by Gasteiger charge is 2.39. The minimum atomic E-state index is -1.30. The number of nitrogen functional groups attached to an aromatic ring is 1. The SMILES string of the molecule is Nc1ncc(C#Cc2ccc3c(c2)C(=O)N([C@@H](C(=O)Nc2nccs2)c2cc(F)ccc2O)C3)cn1. The van der Waals surface area contributed by atoms with Crippen LogP contribution in [-0.4, -0.2) is 36.8 Å². The monoisotopic (exact) mass is 500 g/mol. The van der Waals surface area contributed by atoms with Gasteiger partial charge in [-0.15, -0.1) is 11.3 Å². The summed E-state index contributed by atoms with van der Waals surface area (Å²) in [6.45, 7) is 0.0829. The van der Waals surface area contributed by atoms with Gasteiger partial charge in [0.1, 0.15) is 17.6 Å². The smallest absolute Gasteiger partial charge is 0.255 e. The second kappa shape index (κ2) is 9.44. The first kappa shape index (κ1) is 22.9. The van der Waals surface area contributed by atoms with E-state index in [1.165, 1.54) is 34.8 Å². The van der Waals surface area contributed by atoms with E-state index < -0.39 is 23.7 Å². The molecule has 0 spiro atoms. The van der Waals surface area contributed by atoms with E-state index in [2.05, 4.69) is 32.1 Å². The molecule has 5 rings (SSSR count). The summed E-state index contributed by atoms with van der Waals surface area (Å²) in [6.07, 6.45) is 4.50. The number of hydrogen-bond donors (Lipinski definition) is 3. The van der Waals surface area contributed by atoms with Crippen molar-refractivity contribution in [2.75, 3.05) is 11.1 Å². The number of aromatic nitrogens is 3. The molecule has 2 amide bonds. The second-order valence-electron chi connectivity index (χ2n) is 7.82. The van der Waals surface area contributed by atoms with Crippen LogP contribution in [0, 0.1) is 17.7 Å². The molecule has 0 radical (unpaired) electrons. The van der Waals surface area contributed by atoms with Gasteiger partial charge in [-0.1, -0.05) is 17.9 Å². The minimum absolute atomic E-state index is 0.0337. The minimum Gasteiger partial charge on any atom is -0.508 e. The van der Waals surface area contributed by atoms with Crippen molar-refractivity contribution < 1.29 is 19.1 Å². The summed E-state index contributed by atoms with van der Waals surface area (Å²) in [7, 11) is 0. The molecule has 1 aliphatic rings. The molecule has 0 bridgehead atoms. The molecule has 0 saturated carbocycles. The molecule has 0 fully saturated rings. The first-order valence-electron chi connectivity index (χ1n) is 10.6. The highest BCUT2D eigenvalue weighted by atomic mass is 32.1. The molecular formula is C25H17FN6O3S. The highest BCUT2D eigenvalue weighted by Crippen LogP contribution is 2.36. The Hall–Kier alpha value is -4.82. The van der Waals surface area contributed by atoms with E-state index in [-0.39, 0.29) is 23.8 Å². The number of hydrogen-bond acceptors (Lipinski definition) is 8. The molecule has 3 heterocycles. The molecule has 0 saturated heterocycles. The van der Waals surface area contributed by atoms with Crippen LogP contribution >= 0.6 is 11.3 Å². The van der Waals surface area contributed by atoms with Crippen molar-refractivity contribution in [2.45, 2.75) is 12.6 Å². The largest absolute Gasteiger partial charge is 0.508 e. The predicted molar refractivity (Wildman–Crippen MR) is 130 cm³/mol. The Kier molecular flexibility index (Phi) is 6.02. The van der Waals surface area contributed by atoms with Gasteiger partial charge < -0.3 is 15.7 Å². The van der Waals surface area contributed by atoms with Crippen molar-refractivity contribution in [2.24, 2.45) is 0 Å². The summed E-state index contributed by atoms with van der Waals surface area (Å²) >= 11 is 1.19. The van der Waals surface area contributed by atoms with Crippen LogP contribution in [0.1, 0.15) is 38.7 Å². The first-order chi connectivity index (χ1) is 17.4. The number of nitrogens with two attached hydrogens (primary N) is 1. The third-order valence-corrected chi connectivity index (χ3v) is 6.16. The Morgan fingerprint density at radius 2 is 1.92 bits per heavy atom. The lowest BCUT2D eigenvalue weighted by molar-refractivity contribution is -0.120. The zero-order valence-electron chi connectivity index (χ0n) is 18.5. The maximum absolute atomic E-state index is 14.1. The number of aromatic hydroxyl groups is 1. The fourth-order valence-corrected chi connectivity index (χ4v) is 4.34. The quantitative estimate of drug-likeness (QED) is 0.367. The molecule has 4 N–H and O–H groups in total. The number of fused-ring (bicyclic) bond motifs is 1. The van der Waals surface area contributed by atoms with Gasteiger partial charge in [-0.25, -0.2) is 19.3 Å². The van der Waals surface area contributed by atoms with Crippen LogP contribution < -0.4 is 11.1 Å². The second-order valence-corrected chi connectivity index (χ2v) is 8.71. The molecule has 2 aromatic heterocycles. The molecule has 0 unspecified atom stereocenters. The lowest BCUT2D eigenvalue weighted by Crippen LogP contribution is -2.37. The number of nitrogens with zero attached hydrogens (tertiary/aromatic N) is 4. The van der Waals surface area contributed by atoms with Gasteiger partial charge in [0.05, 0.1) is 5.56 Å². The first-order valence-corrected chi connectivity index (χ1v) is 11.5. The Morgan fingerprint density at radius 1 is 1.14 bits per heavy atom. The van der Waals surface area contributed by atoms with E-state index in [1.807, 2.05) is 0 Å². The predicted octanol–water partition coefficient (Wildman–Crippen LogP) is 3.10. The van der Waals surface area contributed by atoms with Crippen molar-refractivity contribution in [1.82, 2.24) is 19.9 Å². The third-order valence-electron chi connectivity index (χ3n) is 5.47. The van der Waals surface area contributed by atoms with E-state index in [0.717, 1.165) is 18.2 Å². The summed E-state index contributed by atoms with van der Waals surface area (Å²) in [5, 5.41) is 15.1. The number of phenols is 1. The number of anilines is 2. The Labute approximate surface area is 208 Å². The molecular weight excluding hydrogens is 483 g/mol. The Balaban J connectivity index is 1.48. The van der Waals surface area contributed by atoms with Crippen LogP contribution in [0.25, 0.3) is 0 Å². The summed E-state index contributed by atoms with van der Waals surface area (Å²) < 4.78 is 14.1. The van der Waals surface area contributed by atoms with Gasteiger partial charge >= 0.3 is 0 Å². The molecule has 9 nitrogen and oxygen atoms in total. The average Bonchev–Trinajstić information content (AvgIpc) is 3.49. The van der Waals surface area contributed by atoms with Crippen molar-refractivity contribution in [1.29, 1.82) is 0 Å². The Bertz CT molecular complexity index is 1530. The molecule has 2 aromatic carbocycles. The average molecular weight is 501 g/mol. The molecule has 0 aliphatic carbocycles. The van der Waals surface area contributed by atoms with E-state index >= 15 is 0 Å². The lowest BCUT2D eigenvalue weighted by Gasteiger charge is -2.27. The normalized spacial score (nSPS) is 13.0. The molecule has 178 valence electrons. The number of amides is 2. The highest BCUT2D eigenvalue weighted by molar-refractivity contribution is 7.13. The molecule has 1 atom stereocenters. The van der Waals surface area contributed by atoms with Gasteiger partial charge in [0.25, 0.3) is 11.8 Å². The van der Waals surface area contributed by atoms with Gasteiger partial charge in [-0.2, -0.15) is 0 Å². The number of rotatable bonds is 4. The summed E-state index contributed by atoms with van der Waals surface area (Å²) in [5.74, 6) is 3.97. The summed E-state index contributed by atoms with van der Waals surface area (Å²) in [5.41, 5.74) is 7.60. The molecule has 36 heavy (non-hydrogen) atoms. The fraction of sp³-hybridized carbons (Fsp3) is 0.0800. The summed E-state index contributed by atoms with van der Waals surface area (Å²) in [4.78, 5) is 39.8. The fourth-order valence-electron chi connectivity index (χ4n) is 3.81. The van der Waals surface area contributed by atoms with Crippen molar-refractivity contribution in [3.8, 4) is 17.6 Å². The third kappa shape index (κ3) is 4.57. The number of carbonyl (C=O) groups excluding carboxylic acids is 2. The number of carbonyl (C=O) groups is 2. The van der Waals surface area contributed by atoms with Gasteiger partial charge in [0.2, 0.25) is 5.95 Å². The maximum atomic E-state index is 14.1. The van der Waals surface area contributed by atoms with Gasteiger partial charge in [-0.05, 0) is 35.9 Å². The van der Waals surface area contributed by atoms with Gasteiger partial charge in [-0.3, -0.25) is 14.9 Å². The Morgan fingerprint density at radius 3 is 2.67 bits per heavy atom. The van der Waals surface area contributed by atoms with Gasteiger partial charge in [0, 0.05) is 47.2 Å². The number of nitrogens with one attached hydrogen (secondary N) is 1. The standard InChI is InChI=1S/C25H17FN6O3S/c26-17-5-6-20(33)19(10-17)21(22(34)31-25-28-7-8-36-25)32-13-16-4-3-14(9-18(16)23(32)35)1-2-15-11-29-24(27)30-12-15/h3-12,21,33H,13H2,(H2,27,29,30)(H,28,31,34)/t21-/m1/s1. The van der Waals surface area contributed by atoms with Crippen molar-refractivity contribution in [3.05, 3.63) is 94.0 Å². The van der Waals surface area contributed by atoms with Crippen molar-refractivity contribution >= 4 is 34.2 Å². The van der Waals surface area contributed by atoms with Crippen LogP contribution in [0.15, 0.2) is 60.4 Å². The number of halogens is 1. The topological polar surface area (TPSA) is 134 Å². The van der Waals surface area contributed by atoms with Crippen molar-refractivity contribution in [3.63, 3.8) is 0 Å². The van der Waals surface area contributed by atoms with Crippen LogP contribution in [0.5, 0.6) is 5.75 Å². The zero-order valence-corrected chi connectivity index (χ0v) is 19.3. The van der Waals surface area contributed by atoms with E-state index in [4.69, 9.17) is 5.73 Å². The lowest BCUT2D eigenvalue weighted by atomic mass is 10.0. The van der Waals surface area contributed by atoms with Crippen LogP contribution in [0.3, 0.4) is 0 Å². The number of benzene rings is 2. The molecule has 11 heteroatoms. The van der Waals surface area contributed by atoms with E-state index in [1.54, 1.807) is 23.6 Å². The number of thiazole rings is 1.